The van der Waals surface area contributed by atoms with Crippen molar-refractivity contribution in [3.05, 3.63) is 58.7 Å². The molecule has 1 saturated carbocycles. The molecule has 6 heteroatoms. The summed E-state index contributed by atoms with van der Waals surface area (Å²) >= 11 is 5.85. The summed E-state index contributed by atoms with van der Waals surface area (Å²) in [6.45, 7) is 0. The maximum absolute atomic E-state index is 13.1. The first kappa shape index (κ1) is 14.8. The van der Waals surface area contributed by atoms with Gasteiger partial charge in [-0.05, 0) is 23.3 Å². The minimum absolute atomic E-state index is 0.0528. The van der Waals surface area contributed by atoms with Crippen LogP contribution in [0.2, 0.25) is 5.02 Å². The number of Topliss-reactive ketones (excluding diaryl/α,β-unsaturated/α-hetero) is 1. The van der Waals surface area contributed by atoms with Gasteiger partial charge in [0.25, 0.3) is 0 Å². The largest absolute Gasteiger partial charge is 0.299 e. The second-order valence-electron chi connectivity index (χ2n) is 6.78. The molecule has 1 aromatic heterocycles. The summed E-state index contributed by atoms with van der Waals surface area (Å²) in [7, 11) is 0. The van der Waals surface area contributed by atoms with Gasteiger partial charge in [-0.15, -0.1) is 0 Å². The number of aromatic nitrogens is 1. The van der Waals surface area contributed by atoms with E-state index < -0.39 is 17.8 Å². The number of hydrogen-bond acceptors (Lipinski definition) is 4. The Kier molecular flexibility index (Phi) is 2.95. The summed E-state index contributed by atoms with van der Waals surface area (Å²) in [6.07, 6.45) is 1.73. The second kappa shape index (κ2) is 4.99. The van der Waals surface area contributed by atoms with E-state index in [2.05, 4.69) is 4.98 Å². The van der Waals surface area contributed by atoms with Crippen LogP contribution in [0.15, 0.2) is 42.6 Å². The molecule has 3 aliphatic carbocycles. The number of nitrogens with zero attached hydrogens (tertiary/aromatic N) is 2. The van der Waals surface area contributed by atoms with Gasteiger partial charge in [0.15, 0.2) is 0 Å². The summed E-state index contributed by atoms with van der Waals surface area (Å²) < 4.78 is 0. The highest BCUT2D eigenvalue weighted by atomic mass is 35.5. The molecule has 4 atom stereocenters. The van der Waals surface area contributed by atoms with Crippen molar-refractivity contribution in [2.45, 2.75) is 18.3 Å². The van der Waals surface area contributed by atoms with Gasteiger partial charge < -0.3 is 0 Å². The molecule has 0 spiro atoms. The van der Waals surface area contributed by atoms with Crippen LogP contribution in [0, 0.1) is 11.8 Å². The average Bonchev–Trinajstić information content (AvgIpc) is 2.88. The van der Waals surface area contributed by atoms with Crippen molar-refractivity contribution >= 4 is 35.0 Å². The van der Waals surface area contributed by atoms with Crippen molar-refractivity contribution in [3.63, 3.8) is 0 Å². The molecule has 25 heavy (non-hydrogen) atoms. The Balaban J connectivity index is 1.65. The molecule has 1 saturated heterocycles. The van der Waals surface area contributed by atoms with Gasteiger partial charge in [-0.25, -0.2) is 9.88 Å². The lowest BCUT2D eigenvalue weighted by atomic mass is 9.56. The first-order chi connectivity index (χ1) is 12.1. The van der Waals surface area contributed by atoms with Crippen molar-refractivity contribution in [2.75, 3.05) is 4.90 Å². The first-order valence-electron chi connectivity index (χ1n) is 8.19. The lowest BCUT2D eigenvalue weighted by molar-refractivity contribution is -0.134. The Labute approximate surface area is 148 Å². The van der Waals surface area contributed by atoms with E-state index in [1.807, 2.05) is 24.3 Å². The van der Waals surface area contributed by atoms with Gasteiger partial charge in [0.2, 0.25) is 11.8 Å². The topological polar surface area (TPSA) is 67.3 Å². The Morgan fingerprint density at radius 1 is 0.960 bits per heavy atom. The number of carbonyl (C=O) groups is 3. The lowest BCUT2D eigenvalue weighted by Gasteiger charge is -2.43. The van der Waals surface area contributed by atoms with Crippen LogP contribution in [0.25, 0.3) is 0 Å². The third-order valence-electron chi connectivity index (χ3n) is 5.63. The van der Waals surface area contributed by atoms with E-state index in [9.17, 15) is 14.4 Å². The summed E-state index contributed by atoms with van der Waals surface area (Å²) in [6, 6.07) is 10.8. The van der Waals surface area contributed by atoms with Crippen molar-refractivity contribution in [1.82, 2.24) is 4.98 Å². The molecule has 2 amide bonds. The molecule has 124 valence electrons. The molecule has 4 aliphatic rings. The normalized spacial score (nSPS) is 29.8. The van der Waals surface area contributed by atoms with Crippen LogP contribution in [0.3, 0.4) is 0 Å². The summed E-state index contributed by atoms with van der Waals surface area (Å²) in [4.78, 5) is 44.0. The molecule has 2 fully saturated rings. The fourth-order valence-corrected chi connectivity index (χ4v) is 4.80. The Hall–Kier alpha value is -2.53. The predicted octanol–water partition coefficient (Wildman–Crippen LogP) is 2.69. The van der Waals surface area contributed by atoms with Crippen molar-refractivity contribution in [1.29, 1.82) is 0 Å². The first-order valence-corrected chi connectivity index (χ1v) is 8.56. The maximum atomic E-state index is 13.1. The highest BCUT2D eigenvalue weighted by Gasteiger charge is 2.62. The molecular weight excluding hydrogens is 340 g/mol. The third kappa shape index (κ3) is 1.84. The van der Waals surface area contributed by atoms with Gasteiger partial charge in [0, 0.05) is 18.5 Å². The fourth-order valence-electron chi connectivity index (χ4n) is 4.69. The van der Waals surface area contributed by atoms with Crippen LogP contribution in [-0.2, 0) is 14.4 Å². The molecule has 0 N–H and O–H groups in total. The number of imide groups is 1. The number of hydrogen-bond donors (Lipinski definition) is 0. The Morgan fingerprint density at radius 2 is 1.68 bits per heavy atom. The van der Waals surface area contributed by atoms with Crippen LogP contribution < -0.4 is 4.90 Å². The van der Waals surface area contributed by atoms with Gasteiger partial charge >= 0.3 is 0 Å². The summed E-state index contributed by atoms with van der Waals surface area (Å²) in [5.74, 6) is -2.13. The number of carbonyl (C=O) groups excluding carboxylic acids is 3. The van der Waals surface area contributed by atoms with E-state index in [4.69, 9.17) is 11.6 Å². The van der Waals surface area contributed by atoms with Gasteiger partial charge in [-0.2, -0.15) is 0 Å². The van der Waals surface area contributed by atoms with E-state index in [1.54, 1.807) is 12.1 Å². The second-order valence-corrected chi connectivity index (χ2v) is 7.22. The van der Waals surface area contributed by atoms with Crippen molar-refractivity contribution in [2.24, 2.45) is 11.8 Å². The Bertz CT molecular complexity index is 940. The molecular formula is C19H13ClN2O3. The number of anilines is 1. The van der Waals surface area contributed by atoms with Gasteiger partial charge in [0.1, 0.15) is 11.6 Å². The number of pyridine rings is 1. The zero-order valence-electron chi connectivity index (χ0n) is 13.1. The van der Waals surface area contributed by atoms with E-state index in [0.717, 1.165) is 16.0 Å². The van der Waals surface area contributed by atoms with Gasteiger partial charge in [-0.1, -0.05) is 35.9 Å². The quantitative estimate of drug-likeness (QED) is 0.740. The molecule has 0 radical (unpaired) electrons. The minimum atomic E-state index is -0.619. The van der Waals surface area contributed by atoms with Crippen LogP contribution >= 0.6 is 11.6 Å². The minimum Gasteiger partial charge on any atom is -0.299 e. The van der Waals surface area contributed by atoms with E-state index >= 15 is 0 Å². The molecule has 1 aliphatic heterocycles. The number of ketones is 1. The van der Waals surface area contributed by atoms with Crippen LogP contribution in [0.5, 0.6) is 0 Å². The Morgan fingerprint density at radius 3 is 2.40 bits per heavy atom. The highest BCUT2D eigenvalue weighted by Crippen LogP contribution is 2.57. The standard InChI is InChI=1S/C19H13ClN2O3/c20-9-5-6-14(21-8-9)22-18(24)16-12-7-13(23)15(17(16)19(22)25)11-4-2-1-3-10(11)12/h1-6,8,12,15-17H,7H2. The van der Waals surface area contributed by atoms with E-state index in [-0.39, 0.29) is 29.3 Å². The van der Waals surface area contributed by atoms with Gasteiger partial charge in [-0.3, -0.25) is 14.4 Å². The number of amides is 2. The van der Waals surface area contributed by atoms with Crippen LogP contribution in [0.4, 0.5) is 5.82 Å². The van der Waals surface area contributed by atoms with Gasteiger partial charge in [0.05, 0.1) is 22.8 Å². The molecule has 4 unspecified atom stereocenters. The molecule has 2 aromatic rings. The van der Waals surface area contributed by atoms with Crippen LogP contribution in [0.1, 0.15) is 29.4 Å². The van der Waals surface area contributed by atoms with Crippen LogP contribution in [-0.4, -0.2) is 22.6 Å². The lowest BCUT2D eigenvalue weighted by Crippen LogP contribution is -2.44. The molecule has 5 nitrogen and oxygen atoms in total. The number of benzene rings is 1. The molecule has 2 heterocycles. The van der Waals surface area contributed by atoms with Crippen molar-refractivity contribution in [3.8, 4) is 0 Å². The number of fused-ring (bicyclic) bond motifs is 1. The zero-order valence-corrected chi connectivity index (χ0v) is 13.8. The van der Waals surface area contributed by atoms with Crippen molar-refractivity contribution < 1.29 is 14.4 Å². The predicted molar refractivity (Wildman–Crippen MR) is 90.3 cm³/mol. The zero-order chi connectivity index (χ0) is 17.3. The fraction of sp³-hybridized carbons (Fsp3) is 0.263. The molecule has 2 bridgehead atoms. The van der Waals surface area contributed by atoms with E-state index in [1.165, 1.54) is 6.20 Å². The third-order valence-corrected chi connectivity index (χ3v) is 5.85. The number of rotatable bonds is 1. The maximum Gasteiger partial charge on any atom is 0.240 e. The monoisotopic (exact) mass is 352 g/mol. The summed E-state index contributed by atoms with van der Waals surface area (Å²) in [5, 5.41) is 0.433. The summed E-state index contributed by atoms with van der Waals surface area (Å²) in [5.41, 5.74) is 1.93. The van der Waals surface area contributed by atoms with E-state index in [0.29, 0.717) is 11.4 Å². The highest BCUT2D eigenvalue weighted by molar-refractivity contribution is 6.30. The molecule has 1 aromatic carbocycles. The number of halogens is 1. The smallest absolute Gasteiger partial charge is 0.240 e. The molecule has 6 rings (SSSR count). The SMILES string of the molecule is O=C1CC2c3ccccc3C1C1C(=O)N(c3ccc(Cl)cn3)C(=O)C21. The average molecular weight is 353 g/mol.